The van der Waals surface area contributed by atoms with Gasteiger partial charge in [-0.05, 0) is 42.9 Å². The van der Waals surface area contributed by atoms with Crippen molar-refractivity contribution < 1.29 is 19.4 Å². The Kier molecular flexibility index (Phi) is 5.59. The van der Waals surface area contributed by atoms with Crippen LogP contribution in [-0.4, -0.2) is 30.3 Å². The summed E-state index contributed by atoms with van der Waals surface area (Å²) < 4.78 is 10.4. The number of ether oxygens (including phenoxy) is 2. The number of carbonyl (C=O) groups is 1. The Morgan fingerprint density at radius 3 is 2.58 bits per heavy atom. The highest BCUT2D eigenvalue weighted by Gasteiger charge is 2.15. The van der Waals surface area contributed by atoms with Crippen LogP contribution in [0.2, 0.25) is 0 Å². The van der Waals surface area contributed by atoms with E-state index in [1.54, 1.807) is 24.3 Å². The molecule has 0 bridgehead atoms. The average Bonchev–Trinajstić information content (AvgIpc) is 2.56. The van der Waals surface area contributed by atoms with Gasteiger partial charge in [-0.1, -0.05) is 12.1 Å². The summed E-state index contributed by atoms with van der Waals surface area (Å²) in [4.78, 5) is 12.4. The fraction of sp³-hybridized carbons (Fsp3) is 0.176. The lowest BCUT2D eigenvalue weighted by Crippen LogP contribution is -2.34. The lowest BCUT2D eigenvalue weighted by atomic mass is 10.1. The summed E-state index contributed by atoms with van der Waals surface area (Å²) in [5, 5.41) is 15.2. The number of benzene rings is 2. The molecule has 0 aromatic heterocycles. The molecule has 2 rings (SSSR count). The van der Waals surface area contributed by atoms with Crippen LogP contribution >= 0.6 is 12.2 Å². The molecule has 2 aromatic rings. The molecule has 7 heteroatoms. The van der Waals surface area contributed by atoms with Gasteiger partial charge in [0.1, 0.15) is 17.2 Å². The first-order chi connectivity index (χ1) is 11.5. The summed E-state index contributed by atoms with van der Waals surface area (Å²) >= 11 is 5.13. The zero-order valence-corrected chi connectivity index (χ0v) is 14.4. The quantitative estimate of drug-likeness (QED) is 0.584. The standard InChI is InChI=1S/C17H18N2O4S/c1-10-5-4-6-12(15(10)23-3)16(21)19-17(24)18-13-9-11(22-2)7-8-14(13)20/h4-9,20H,1-3H3,(H2,18,19,21,24). The van der Waals surface area contributed by atoms with Crippen molar-refractivity contribution in [2.24, 2.45) is 0 Å². The molecule has 0 atom stereocenters. The van der Waals surface area contributed by atoms with Gasteiger partial charge in [0, 0.05) is 6.07 Å². The van der Waals surface area contributed by atoms with Crippen molar-refractivity contribution in [2.45, 2.75) is 6.92 Å². The fourth-order valence-electron chi connectivity index (χ4n) is 2.17. The van der Waals surface area contributed by atoms with Crippen LogP contribution in [0, 0.1) is 6.92 Å². The Bertz CT molecular complexity index is 777. The molecule has 0 spiro atoms. The lowest BCUT2D eigenvalue weighted by Gasteiger charge is -2.14. The fourth-order valence-corrected chi connectivity index (χ4v) is 2.37. The van der Waals surface area contributed by atoms with E-state index in [4.69, 9.17) is 21.7 Å². The molecule has 24 heavy (non-hydrogen) atoms. The van der Waals surface area contributed by atoms with E-state index in [2.05, 4.69) is 10.6 Å². The Labute approximate surface area is 145 Å². The molecule has 6 nitrogen and oxygen atoms in total. The lowest BCUT2D eigenvalue weighted by molar-refractivity contribution is 0.0974. The SMILES string of the molecule is COc1ccc(O)c(NC(=S)NC(=O)c2cccc(C)c2OC)c1. The number of phenolic OH excluding ortho intramolecular Hbond substituents is 1. The minimum absolute atomic E-state index is 0.0134. The van der Waals surface area contributed by atoms with Crippen molar-refractivity contribution in [3.63, 3.8) is 0 Å². The summed E-state index contributed by atoms with van der Waals surface area (Å²) in [6, 6.07) is 9.90. The van der Waals surface area contributed by atoms with Crippen molar-refractivity contribution in [1.82, 2.24) is 5.32 Å². The Hall–Kier alpha value is -2.80. The number of methoxy groups -OCH3 is 2. The predicted octanol–water partition coefficient (Wildman–Crippen LogP) is 2.84. The van der Waals surface area contributed by atoms with Crippen LogP contribution in [0.15, 0.2) is 36.4 Å². The summed E-state index contributed by atoms with van der Waals surface area (Å²) in [5.74, 6) is 0.614. The second-order valence-electron chi connectivity index (χ2n) is 4.95. The molecule has 0 radical (unpaired) electrons. The smallest absolute Gasteiger partial charge is 0.261 e. The number of rotatable bonds is 4. The third-order valence-corrected chi connectivity index (χ3v) is 3.54. The molecule has 2 aromatic carbocycles. The van der Waals surface area contributed by atoms with Crippen molar-refractivity contribution >= 4 is 28.9 Å². The first kappa shape index (κ1) is 17.6. The van der Waals surface area contributed by atoms with Crippen LogP contribution in [0.1, 0.15) is 15.9 Å². The molecule has 0 aliphatic rings. The molecule has 0 aliphatic heterocycles. The monoisotopic (exact) mass is 346 g/mol. The van der Waals surface area contributed by atoms with E-state index in [0.29, 0.717) is 22.7 Å². The van der Waals surface area contributed by atoms with E-state index in [1.165, 1.54) is 20.3 Å². The molecule has 0 fully saturated rings. The molecule has 0 aliphatic carbocycles. The van der Waals surface area contributed by atoms with Crippen molar-refractivity contribution in [1.29, 1.82) is 0 Å². The van der Waals surface area contributed by atoms with Crippen LogP contribution < -0.4 is 20.1 Å². The molecular weight excluding hydrogens is 328 g/mol. The molecule has 0 heterocycles. The number of carbonyl (C=O) groups excluding carboxylic acids is 1. The first-order valence-electron chi connectivity index (χ1n) is 7.09. The van der Waals surface area contributed by atoms with Crippen molar-refractivity contribution in [2.75, 3.05) is 19.5 Å². The van der Waals surface area contributed by atoms with E-state index < -0.39 is 5.91 Å². The summed E-state index contributed by atoms with van der Waals surface area (Å²) in [6.45, 7) is 1.85. The van der Waals surface area contributed by atoms with E-state index in [-0.39, 0.29) is 10.9 Å². The molecule has 126 valence electrons. The topological polar surface area (TPSA) is 79.8 Å². The van der Waals surface area contributed by atoms with Gasteiger partial charge in [-0.15, -0.1) is 0 Å². The average molecular weight is 346 g/mol. The maximum atomic E-state index is 12.4. The van der Waals surface area contributed by atoms with Gasteiger partial charge < -0.3 is 19.9 Å². The van der Waals surface area contributed by atoms with Crippen LogP contribution in [0.5, 0.6) is 17.2 Å². The third-order valence-electron chi connectivity index (χ3n) is 3.34. The zero-order chi connectivity index (χ0) is 17.7. The van der Waals surface area contributed by atoms with Gasteiger partial charge in [0.25, 0.3) is 5.91 Å². The van der Waals surface area contributed by atoms with Crippen LogP contribution in [0.4, 0.5) is 5.69 Å². The minimum atomic E-state index is -0.407. The number of aryl methyl sites for hydroxylation is 1. The van der Waals surface area contributed by atoms with Crippen molar-refractivity contribution in [3.8, 4) is 17.2 Å². The number of phenols is 1. The van der Waals surface area contributed by atoms with Crippen LogP contribution in [0.25, 0.3) is 0 Å². The molecule has 1 amide bonds. The number of hydrogen-bond acceptors (Lipinski definition) is 5. The number of hydrogen-bond donors (Lipinski definition) is 3. The number of nitrogens with one attached hydrogen (secondary N) is 2. The Morgan fingerprint density at radius 2 is 1.92 bits per heavy atom. The highest BCUT2D eigenvalue weighted by Crippen LogP contribution is 2.28. The van der Waals surface area contributed by atoms with Gasteiger partial charge in [0.05, 0.1) is 25.5 Å². The molecule has 0 saturated heterocycles. The normalized spacial score (nSPS) is 9.96. The number of anilines is 1. The van der Waals surface area contributed by atoms with Crippen molar-refractivity contribution in [3.05, 3.63) is 47.5 Å². The second-order valence-corrected chi connectivity index (χ2v) is 5.36. The van der Waals surface area contributed by atoms with Gasteiger partial charge in [-0.2, -0.15) is 0 Å². The molecule has 3 N–H and O–H groups in total. The zero-order valence-electron chi connectivity index (χ0n) is 13.5. The van der Waals surface area contributed by atoms with Gasteiger partial charge >= 0.3 is 0 Å². The molecule has 0 unspecified atom stereocenters. The molecular formula is C17H18N2O4S. The summed E-state index contributed by atoms with van der Waals surface area (Å²) in [7, 11) is 3.02. The van der Waals surface area contributed by atoms with Gasteiger partial charge in [0.15, 0.2) is 5.11 Å². The van der Waals surface area contributed by atoms with Gasteiger partial charge in [-0.25, -0.2) is 0 Å². The number of amides is 1. The highest BCUT2D eigenvalue weighted by molar-refractivity contribution is 7.80. The molecule has 0 saturated carbocycles. The van der Waals surface area contributed by atoms with E-state index >= 15 is 0 Å². The summed E-state index contributed by atoms with van der Waals surface area (Å²) in [6.07, 6.45) is 0. The van der Waals surface area contributed by atoms with Gasteiger partial charge in [-0.3, -0.25) is 10.1 Å². The largest absolute Gasteiger partial charge is 0.506 e. The minimum Gasteiger partial charge on any atom is -0.506 e. The Morgan fingerprint density at radius 1 is 1.17 bits per heavy atom. The van der Waals surface area contributed by atoms with E-state index in [1.807, 2.05) is 13.0 Å². The van der Waals surface area contributed by atoms with E-state index in [9.17, 15) is 9.90 Å². The maximum absolute atomic E-state index is 12.4. The number of aromatic hydroxyl groups is 1. The highest BCUT2D eigenvalue weighted by atomic mass is 32.1. The Balaban J connectivity index is 2.13. The third kappa shape index (κ3) is 3.94. The van der Waals surface area contributed by atoms with Gasteiger partial charge in [0.2, 0.25) is 0 Å². The predicted molar refractivity (Wildman–Crippen MR) is 96.1 cm³/mol. The summed E-state index contributed by atoms with van der Waals surface area (Å²) in [5.41, 5.74) is 1.54. The second kappa shape index (κ2) is 7.65. The maximum Gasteiger partial charge on any atom is 0.261 e. The van der Waals surface area contributed by atoms with Crippen LogP contribution in [-0.2, 0) is 0 Å². The van der Waals surface area contributed by atoms with Crippen LogP contribution in [0.3, 0.4) is 0 Å². The number of para-hydroxylation sites is 1. The van der Waals surface area contributed by atoms with E-state index in [0.717, 1.165) is 5.56 Å². The number of thiocarbonyl (C=S) groups is 1. The first-order valence-corrected chi connectivity index (χ1v) is 7.50.